The first-order valence-electron chi connectivity index (χ1n) is 12.1. The van der Waals surface area contributed by atoms with Crippen molar-refractivity contribution in [2.75, 3.05) is 13.7 Å². The van der Waals surface area contributed by atoms with Crippen LogP contribution in [-0.4, -0.2) is 51.4 Å². The molecule has 0 spiro atoms. The summed E-state index contributed by atoms with van der Waals surface area (Å²) in [5.74, 6) is 0.341. The van der Waals surface area contributed by atoms with Crippen molar-refractivity contribution in [3.05, 3.63) is 54.1 Å². The molecule has 1 fully saturated rings. The third-order valence-electron chi connectivity index (χ3n) is 6.45. The Balaban J connectivity index is 1.66. The van der Waals surface area contributed by atoms with Crippen molar-refractivity contribution in [3.8, 4) is 5.75 Å². The molecule has 8 nitrogen and oxygen atoms in total. The normalized spacial score (nSPS) is 14.8. The van der Waals surface area contributed by atoms with Gasteiger partial charge in [0.15, 0.2) is 0 Å². The molecule has 4 rings (SSSR count). The molecule has 0 unspecified atom stereocenters. The van der Waals surface area contributed by atoms with Crippen LogP contribution in [0.4, 0.5) is 0 Å². The molecule has 2 aromatic carbocycles. The molecule has 34 heavy (non-hydrogen) atoms. The number of nitrogens with zero attached hydrogens (tertiary/aromatic N) is 4. The van der Waals surface area contributed by atoms with Gasteiger partial charge in [-0.3, -0.25) is 9.59 Å². The fourth-order valence-electron chi connectivity index (χ4n) is 4.61. The summed E-state index contributed by atoms with van der Waals surface area (Å²) in [5, 5.41) is 11.6. The van der Waals surface area contributed by atoms with E-state index in [0.29, 0.717) is 12.3 Å². The van der Waals surface area contributed by atoms with E-state index in [1.54, 1.807) is 16.7 Å². The van der Waals surface area contributed by atoms with Gasteiger partial charge in [0, 0.05) is 12.6 Å². The van der Waals surface area contributed by atoms with Gasteiger partial charge in [-0.05, 0) is 49.1 Å². The van der Waals surface area contributed by atoms with Crippen LogP contribution < -0.4 is 10.1 Å². The van der Waals surface area contributed by atoms with Crippen molar-refractivity contribution < 1.29 is 14.3 Å². The molecule has 1 aliphatic rings. The van der Waals surface area contributed by atoms with Crippen LogP contribution >= 0.6 is 0 Å². The third kappa shape index (κ3) is 5.38. The predicted octanol–water partition coefficient (Wildman–Crippen LogP) is 3.87. The lowest BCUT2D eigenvalue weighted by Crippen LogP contribution is -2.47. The highest BCUT2D eigenvalue weighted by atomic mass is 16.5. The van der Waals surface area contributed by atoms with E-state index in [2.05, 4.69) is 22.6 Å². The second-order valence-corrected chi connectivity index (χ2v) is 8.85. The number of hydrogen-bond acceptors (Lipinski definition) is 5. The average Bonchev–Trinajstić information content (AvgIpc) is 3.51. The zero-order valence-electron chi connectivity index (χ0n) is 19.9. The summed E-state index contributed by atoms with van der Waals surface area (Å²) in [5.41, 5.74) is 2.26. The molecule has 1 saturated carbocycles. The van der Waals surface area contributed by atoms with Gasteiger partial charge in [0.25, 0.3) is 0 Å². The number of aromatic nitrogens is 3. The quantitative estimate of drug-likeness (QED) is 0.493. The number of ether oxygens (including phenoxy) is 1. The van der Waals surface area contributed by atoms with Gasteiger partial charge in [-0.2, -0.15) is 0 Å². The second kappa shape index (κ2) is 11.1. The smallest absolute Gasteiger partial charge is 0.247 e. The molecule has 1 aromatic heterocycles. The molecule has 180 valence electrons. The van der Waals surface area contributed by atoms with Crippen LogP contribution in [0.1, 0.15) is 57.1 Å². The van der Waals surface area contributed by atoms with Crippen LogP contribution in [0, 0.1) is 0 Å². The van der Waals surface area contributed by atoms with E-state index in [4.69, 9.17) is 4.74 Å². The maximum atomic E-state index is 13.7. The molecule has 2 amide bonds. The van der Waals surface area contributed by atoms with Gasteiger partial charge < -0.3 is 15.0 Å². The van der Waals surface area contributed by atoms with Gasteiger partial charge in [0.1, 0.15) is 23.9 Å². The molecule has 1 atom stereocenters. The maximum Gasteiger partial charge on any atom is 0.247 e. The second-order valence-electron chi connectivity index (χ2n) is 8.85. The average molecular weight is 464 g/mol. The minimum absolute atomic E-state index is 0.0153. The number of carbonyl (C=O) groups is 2. The third-order valence-corrected chi connectivity index (χ3v) is 6.45. The summed E-state index contributed by atoms with van der Waals surface area (Å²) in [7, 11) is 1.60. The lowest BCUT2D eigenvalue weighted by atomic mass is 10.0. The van der Waals surface area contributed by atoms with Gasteiger partial charge in [0.2, 0.25) is 11.8 Å². The summed E-state index contributed by atoms with van der Waals surface area (Å²) in [6.45, 7) is 2.57. The van der Waals surface area contributed by atoms with Crippen LogP contribution in [0.25, 0.3) is 11.0 Å². The Hall–Kier alpha value is -3.42. The van der Waals surface area contributed by atoms with Gasteiger partial charge in [-0.15, -0.1) is 5.10 Å². The number of rotatable bonds is 10. The number of methoxy groups -OCH3 is 1. The molecule has 8 heteroatoms. The van der Waals surface area contributed by atoms with Crippen molar-refractivity contribution in [2.24, 2.45) is 0 Å². The lowest BCUT2D eigenvalue weighted by Gasteiger charge is -2.32. The monoisotopic (exact) mass is 463 g/mol. The summed E-state index contributed by atoms with van der Waals surface area (Å²) in [6, 6.07) is 14.4. The van der Waals surface area contributed by atoms with Crippen LogP contribution in [0.2, 0.25) is 0 Å². The van der Waals surface area contributed by atoms with Gasteiger partial charge in [-0.1, -0.05) is 55.7 Å². The van der Waals surface area contributed by atoms with Crippen molar-refractivity contribution in [1.82, 2.24) is 25.2 Å². The molecule has 1 heterocycles. The highest BCUT2D eigenvalue weighted by Crippen LogP contribution is 2.27. The van der Waals surface area contributed by atoms with E-state index in [1.165, 1.54) is 0 Å². The minimum Gasteiger partial charge on any atom is -0.497 e. The summed E-state index contributed by atoms with van der Waals surface area (Å²) in [4.78, 5) is 29.0. The first kappa shape index (κ1) is 23.7. The Morgan fingerprint density at radius 2 is 1.97 bits per heavy atom. The fraction of sp³-hybridized carbons (Fsp3) is 0.462. The van der Waals surface area contributed by atoms with E-state index >= 15 is 0 Å². The number of amides is 2. The van der Waals surface area contributed by atoms with E-state index in [0.717, 1.165) is 55.1 Å². The summed E-state index contributed by atoms with van der Waals surface area (Å²) in [6.07, 6.45) is 5.89. The molecule has 1 aliphatic carbocycles. The maximum absolute atomic E-state index is 13.7. The largest absolute Gasteiger partial charge is 0.497 e. The lowest BCUT2D eigenvalue weighted by molar-refractivity contribution is -0.141. The molecule has 0 bridgehead atoms. The van der Waals surface area contributed by atoms with Crippen LogP contribution in [-0.2, 0) is 16.1 Å². The van der Waals surface area contributed by atoms with E-state index in [1.807, 2.05) is 48.5 Å². The van der Waals surface area contributed by atoms with Gasteiger partial charge in [0.05, 0.1) is 12.6 Å². The van der Waals surface area contributed by atoms with Crippen molar-refractivity contribution >= 4 is 22.8 Å². The number of para-hydroxylation sites is 1. The number of fused-ring (bicyclic) bond motifs is 1. The summed E-state index contributed by atoms with van der Waals surface area (Å²) < 4.78 is 7.02. The minimum atomic E-state index is -0.746. The van der Waals surface area contributed by atoms with E-state index < -0.39 is 6.04 Å². The molecule has 1 N–H and O–H groups in total. The number of carbonyl (C=O) groups excluding carboxylic acids is 2. The van der Waals surface area contributed by atoms with Crippen LogP contribution in [0.15, 0.2) is 48.5 Å². The Bertz CT molecular complexity index is 1120. The molecule has 0 radical (unpaired) electrons. The van der Waals surface area contributed by atoms with Gasteiger partial charge in [-0.25, -0.2) is 4.68 Å². The van der Waals surface area contributed by atoms with Crippen molar-refractivity contribution in [3.63, 3.8) is 0 Å². The summed E-state index contributed by atoms with van der Waals surface area (Å²) >= 11 is 0. The molecule has 3 aromatic rings. The van der Waals surface area contributed by atoms with E-state index in [-0.39, 0.29) is 24.4 Å². The van der Waals surface area contributed by atoms with Gasteiger partial charge >= 0.3 is 0 Å². The molecule has 0 saturated heterocycles. The molecular formula is C26H33N5O3. The van der Waals surface area contributed by atoms with E-state index in [9.17, 15) is 9.59 Å². The Labute approximate surface area is 200 Å². The number of nitrogens with one attached hydrogen (secondary N) is 1. The molecular weight excluding hydrogens is 430 g/mol. The van der Waals surface area contributed by atoms with Crippen molar-refractivity contribution in [1.29, 1.82) is 0 Å². The SMILES string of the molecule is CCCCN(C(=O)Cn1nnc2ccccc21)[C@@H](C(=O)NC1CCCC1)c1cccc(OC)c1. The van der Waals surface area contributed by atoms with Crippen LogP contribution in [0.3, 0.4) is 0 Å². The number of unbranched alkanes of at least 4 members (excludes halogenated alkanes) is 1. The Morgan fingerprint density at radius 1 is 1.18 bits per heavy atom. The van der Waals surface area contributed by atoms with Crippen molar-refractivity contribution in [2.45, 2.75) is 64.1 Å². The highest BCUT2D eigenvalue weighted by Gasteiger charge is 2.33. The molecule has 0 aliphatic heterocycles. The Kier molecular flexibility index (Phi) is 7.77. The first-order valence-corrected chi connectivity index (χ1v) is 12.1. The standard InChI is InChI=1S/C26H33N5O3/c1-3-4-16-30(24(32)18-31-23-15-8-7-14-22(23)28-29-31)25(19-10-9-13-21(17-19)34-2)26(33)27-20-11-5-6-12-20/h7-10,13-15,17,20,25H,3-6,11-12,16,18H2,1-2H3,(H,27,33)/t25-/m1/s1. The zero-order chi connectivity index (χ0) is 23.9. The van der Waals surface area contributed by atoms with Crippen LogP contribution in [0.5, 0.6) is 5.75 Å². The number of benzene rings is 2. The topological polar surface area (TPSA) is 89.4 Å². The number of hydrogen-bond donors (Lipinski definition) is 1. The fourth-order valence-corrected chi connectivity index (χ4v) is 4.61. The zero-order valence-corrected chi connectivity index (χ0v) is 19.9. The predicted molar refractivity (Wildman–Crippen MR) is 130 cm³/mol. The highest BCUT2D eigenvalue weighted by molar-refractivity contribution is 5.89. The Morgan fingerprint density at radius 3 is 2.74 bits per heavy atom. The first-order chi connectivity index (χ1) is 16.6.